The van der Waals surface area contributed by atoms with Crippen LogP contribution in [0.2, 0.25) is 0 Å². The van der Waals surface area contributed by atoms with Gasteiger partial charge in [0.15, 0.2) is 29.1 Å². The van der Waals surface area contributed by atoms with Crippen LogP contribution in [0, 0.1) is 39.0 Å². The Hall–Kier alpha value is -10.1. The van der Waals surface area contributed by atoms with E-state index in [2.05, 4.69) is 134 Å². The van der Waals surface area contributed by atoms with E-state index in [4.69, 9.17) is 34.9 Å². The van der Waals surface area contributed by atoms with Gasteiger partial charge in [-0.1, -0.05) is 97.1 Å². The van der Waals surface area contributed by atoms with Gasteiger partial charge in [-0.15, -0.1) is 0 Å². The third-order valence-electron chi connectivity index (χ3n) is 13.4. The van der Waals surface area contributed by atoms with E-state index >= 15 is 0 Å². The van der Waals surface area contributed by atoms with E-state index < -0.39 is 0 Å². The summed E-state index contributed by atoms with van der Waals surface area (Å²) in [5.74, 6) is 5.51. The molecule has 0 fully saturated rings. The van der Waals surface area contributed by atoms with E-state index in [0.29, 0.717) is 58.0 Å². The maximum Gasteiger partial charge on any atom is 0.164 e. The van der Waals surface area contributed by atoms with Crippen molar-refractivity contribution >= 4 is 43.6 Å². The Balaban J connectivity index is 1.07. The Kier molecular flexibility index (Phi) is 10.4. The van der Waals surface area contributed by atoms with Crippen LogP contribution in [0.4, 0.5) is 0 Å². The topological polar surface area (TPSA) is 150 Å². The molecule has 0 aliphatic rings. The van der Waals surface area contributed by atoms with Gasteiger partial charge < -0.3 is 9.13 Å². The molecule has 350 valence electrons. The monoisotopic (exact) mass is 954 g/mol. The van der Waals surface area contributed by atoms with Crippen LogP contribution in [0.15, 0.2) is 182 Å². The molecule has 5 aromatic heterocycles. The maximum absolute atomic E-state index is 11.1. The van der Waals surface area contributed by atoms with E-state index in [1.165, 1.54) is 0 Å². The molecule has 0 saturated heterocycles. The fourth-order valence-electron chi connectivity index (χ4n) is 10.3. The van der Waals surface area contributed by atoms with Crippen molar-refractivity contribution < 1.29 is 0 Å². The van der Waals surface area contributed by atoms with E-state index in [1.54, 1.807) is 0 Å². The number of hydrogen-bond donors (Lipinski definition) is 0. The average Bonchev–Trinajstić information content (AvgIpc) is 3.95. The third-order valence-corrected chi connectivity index (χ3v) is 13.4. The summed E-state index contributed by atoms with van der Waals surface area (Å²) < 4.78 is 4.56. The van der Waals surface area contributed by atoms with Crippen molar-refractivity contribution in [3.8, 4) is 85.5 Å². The van der Waals surface area contributed by atoms with Gasteiger partial charge in [0, 0.05) is 66.2 Å². The molecule has 0 atom stereocenters. The Morgan fingerprint density at radius 2 is 0.743 bits per heavy atom. The van der Waals surface area contributed by atoms with Gasteiger partial charge in [0.05, 0.1) is 39.4 Å². The summed E-state index contributed by atoms with van der Waals surface area (Å²) in [6, 6.07) is 64.4. The van der Waals surface area contributed by atoms with Gasteiger partial charge in [-0.25, -0.2) is 44.9 Å². The van der Waals surface area contributed by atoms with Crippen LogP contribution in [0.1, 0.15) is 28.9 Å². The highest BCUT2D eigenvalue weighted by molar-refractivity contribution is 6.12. The summed E-state index contributed by atoms with van der Waals surface area (Å²) in [5.41, 5.74) is 12.1. The lowest BCUT2D eigenvalue weighted by Gasteiger charge is -2.18. The summed E-state index contributed by atoms with van der Waals surface area (Å²) in [6.45, 7) is 7.55. The Morgan fingerprint density at radius 1 is 0.324 bits per heavy atom. The largest absolute Gasteiger partial charge is 0.309 e. The first-order valence-electron chi connectivity index (χ1n) is 24.3. The Bertz CT molecular complexity index is 4340. The molecule has 12 nitrogen and oxygen atoms in total. The molecule has 0 radical (unpaired) electrons. The molecule has 0 N–H and O–H groups in total. The lowest BCUT2D eigenvalue weighted by molar-refractivity contribution is 0.928. The zero-order chi connectivity index (χ0) is 50.0. The molecule has 0 unspecified atom stereocenters. The smallest absolute Gasteiger partial charge is 0.164 e. The number of rotatable bonds is 8. The molecule has 5 heterocycles. The third kappa shape index (κ3) is 7.59. The molecular weight excluding hydrogens is 913 g/mol. The molecule has 12 heteroatoms. The predicted octanol–water partition coefficient (Wildman–Crippen LogP) is 13.5. The molecule has 13 aromatic rings. The molecule has 0 saturated carbocycles. The second-order valence-corrected chi connectivity index (χ2v) is 18.3. The second kappa shape index (κ2) is 17.6. The molecule has 13 rings (SSSR count). The number of para-hydroxylation sites is 2. The SMILES string of the molecule is Cc1nc(C)nc(-c2ccc3c(c2)c2ccccc2n3-c2ccc(C#N)c(-c3cc(-c4nc(-c5ccccc5)nc(-c5ccccc5)n4)ccc3-n3c4ccccc4c4cc(-c5nc(C)nc(C)n5)ccc43)c2)n1. The van der Waals surface area contributed by atoms with Gasteiger partial charge in [-0.05, 0) is 113 Å². The van der Waals surface area contributed by atoms with Crippen molar-refractivity contribution in [2.75, 3.05) is 0 Å². The fourth-order valence-corrected chi connectivity index (χ4v) is 10.3. The van der Waals surface area contributed by atoms with Crippen LogP contribution in [0.25, 0.3) is 123 Å². The fraction of sp³-hybridized carbons (Fsp3) is 0.0645. The van der Waals surface area contributed by atoms with E-state index in [-0.39, 0.29) is 0 Å². The highest BCUT2D eigenvalue weighted by Crippen LogP contribution is 2.42. The zero-order valence-electron chi connectivity index (χ0n) is 40.7. The first-order valence-corrected chi connectivity index (χ1v) is 24.3. The van der Waals surface area contributed by atoms with Gasteiger partial charge >= 0.3 is 0 Å². The lowest BCUT2D eigenvalue weighted by atomic mass is 9.95. The standard InChI is InChI=1S/C62H42N12/c1-36-64-37(2)67-60(66-36)42-24-28-55-50(31-42)47-19-11-13-21-53(47)73(55)46-27-23-45(35-63)49(34-46)52-33-44(62-71-58(40-15-7-5-8-16-40)70-59(72-62)41-17-9-6-10-18-41)26-30-57(52)74-54-22-14-12-20-48(54)51-32-43(25-29-56(51)74)61-68-38(3)65-39(4)69-61/h5-34H,1-4H3. The minimum Gasteiger partial charge on any atom is -0.309 e. The summed E-state index contributed by atoms with van der Waals surface area (Å²) in [6.07, 6.45) is 0. The van der Waals surface area contributed by atoms with Gasteiger partial charge in [0.1, 0.15) is 23.3 Å². The van der Waals surface area contributed by atoms with Crippen molar-refractivity contribution in [1.29, 1.82) is 5.26 Å². The predicted molar refractivity (Wildman–Crippen MR) is 292 cm³/mol. The van der Waals surface area contributed by atoms with Crippen molar-refractivity contribution in [3.63, 3.8) is 0 Å². The number of nitriles is 1. The zero-order valence-corrected chi connectivity index (χ0v) is 40.7. The molecular formula is C62H42N12. The van der Waals surface area contributed by atoms with Crippen LogP contribution in [0.3, 0.4) is 0 Å². The second-order valence-electron chi connectivity index (χ2n) is 18.3. The molecule has 0 aliphatic heterocycles. The first kappa shape index (κ1) is 43.9. The Morgan fingerprint density at radius 3 is 1.27 bits per heavy atom. The molecule has 0 bridgehead atoms. The van der Waals surface area contributed by atoms with Crippen LogP contribution in [0.5, 0.6) is 0 Å². The molecule has 74 heavy (non-hydrogen) atoms. The average molecular weight is 955 g/mol. The van der Waals surface area contributed by atoms with Crippen LogP contribution in [-0.2, 0) is 0 Å². The van der Waals surface area contributed by atoms with Crippen LogP contribution in [-0.4, -0.2) is 54.0 Å². The highest BCUT2D eigenvalue weighted by Gasteiger charge is 2.23. The van der Waals surface area contributed by atoms with Crippen molar-refractivity contribution in [2.24, 2.45) is 0 Å². The molecule has 0 spiro atoms. The summed E-state index contributed by atoms with van der Waals surface area (Å²) in [5, 5.41) is 15.4. The van der Waals surface area contributed by atoms with E-state index in [1.807, 2.05) is 100 Å². The van der Waals surface area contributed by atoms with E-state index in [0.717, 1.165) is 93.9 Å². The summed E-state index contributed by atoms with van der Waals surface area (Å²) in [4.78, 5) is 43.0. The van der Waals surface area contributed by atoms with E-state index in [9.17, 15) is 5.26 Å². The quantitative estimate of drug-likeness (QED) is 0.144. The molecule has 8 aromatic carbocycles. The Labute approximate surface area is 425 Å². The summed E-state index contributed by atoms with van der Waals surface area (Å²) >= 11 is 0. The van der Waals surface area contributed by atoms with Gasteiger partial charge in [-0.3, -0.25) is 0 Å². The van der Waals surface area contributed by atoms with Crippen LogP contribution < -0.4 is 0 Å². The number of fused-ring (bicyclic) bond motifs is 6. The number of aryl methyl sites for hydroxylation is 4. The number of nitrogens with zero attached hydrogens (tertiary/aromatic N) is 12. The van der Waals surface area contributed by atoms with Crippen molar-refractivity contribution in [2.45, 2.75) is 27.7 Å². The number of aromatic nitrogens is 11. The minimum absolute atomic E-state index is 0.497. The van der Waals surface area contributed by atoms with Gasteiger partial charge in [-0.2, -0.15) is 5.26 Å². The highest BCUT2D eigenvalue weighted by atomic mass is 15.1. The van der Waals surface area contributed by atoms with Crippen LogP contribution >= 0.6 is 0 Å². The van der Waals surface area contributed by atoms with Gasteiger partial charge in [0.2, 0.25) is 0 Å². The normalized spacial score (nSPS) is 11.5. The van der Waals surface area contributed by atoms with Crippen molar-refractivity contribution in [3.05, 3.63) is 211 Å². The number of benzene rings is 8. The molecule has 0 aliphatic carbocycles. The molecule has 0 amide bonds. The van der Waals surface area contributed by atoms with Crippen molar-refractivity contribution in [1.82, 2.24) is 54.0 Å². The number of hydrogen-bond acceptors (Lipinski definition) is 10. The maximum atomic E-state index is 11.1. The minimum atomic E-state index is 0.497. The van der Waals surface area contributed by atoms with Gasteiger partial charge in [0.25, 0.3) is 0 Å². The lowest BCUT2D eigenvalue weighted by Crippen LogP contribution is -2.03. The first-order chi connectivity index (χ1) is 36.2. The summed E-state index contributed by atoms with van der Waals surface area (Å²) in [7, 11) is 0.